The van der Waals surface area contributed by atoms with Crippen molar-refractivity contribution in [3.63, 3.8) is 0 Å². The van der Waals surface area contributed by atoms with E-state index in [2.05, 4.69) is 9.62 Å². The molecule has 0 saturated carbocycles. The minimum absolute atomic E-state index is 0.0248. The fourth-order valence-electron chi connectivity index (χ4n) is 2.28. The first-order valence-corrected chi connectivity index (χ1v) is 10.5. The van der Waals surface area contributed by atoms with Crippen LogP contribution < -0.4 is 4.72 Å². The van der Waals surface area contributed by atoms with Gasteiger partial charge in [0.1, 0.15) is 0 Å². The number of nitrogens with zero attached hydrogens (tertiary/aromatic N) is 2. The highest BCUT2D eigenvalue weighted by Crippen LogP contribution is 2.12. The van der Waals surface area contributed by atoms with Gasteiger partial charge in [0.2, 0.25) is 20.0 Å². The Labute approximate surface area is 128 Å². The lowest BCUT2D eigenvalue weighted by Crippen LogP contribution is -2.46. The molecule has 0 atom stereocenters. The van der Waals surface area contributed by atoms with Crippen LogP contribution in [0.2, 0.25) is 0 Å². The predicted octanol–water partition coefficient (Wildman–Crippen LogP) is -0.328. The summed E-state index contributed by atoms with van der Waals surface area (Å²) in [5, 5.41) is 0. The maximum Gasteiger partial charge on any atom is 0.214 e. The van der Waals surface area contributed by atoms with E-state index < -0.39 is 20.0 Å². The molecular weight excluding hydrogens is 314 g/mol. The maximum atomic E-state index is 11.7. The molecule has 0 aromatic carbocycles. The lowest BCUT2D eigenvalue weighted by atomic mass is 10.1. The normalized spacial score (nSPS) is 19.2. The second kappa shape index (κ2) is 7.87. The lowest BCUT2D eigenvalue weighted by Gasteiger charge is -2.32. The number of piperidine rings is 1. The molecule has 7 nitrogen and oxygen atoms in total. The first-order valence-electron chi connectivity index (χ1n) is 7.29. The van der Waals surface area contributed by atoms with Crippen molar-refractivity contribution in [2.75, 3.05) is 45.2 Å². The fraction of sp³-hybridized carbons (Fsp3) is 1.00. The van der Waals surface area contributed by atoms with E-state index in [0.717, 1.165) is 25.9 Å². The Hall–Kier alpha value is -0.220. The van der Waals surface area contributed by atoms with E-state index in [9.17, 15) is 16.8 Å². The van der Waals surface area contributed by atoms with Gasteiger partial charge in [-0.2, -0.15) is 0 Å². The van der Waals surface area contributed by atoms with E-state index in [1.807, 2.05) is 6.92 Å². The van der Waals surface area contributed by atoms with E-state index in [1.54, 1.807) is 0 Å². The Bertz CT molecular complexity index is 509. The third-order valence-electron chi connectivity index (χ3n) is 3.63. The third kappa shape index (κ3) is 6.60. The van der Waals surface area contributed by atoms with Crippen molar-refractivity contribution >= 4 is 20.0 Å². The number of rotatable bonds is 8. The molecule has 1 aliphatic heterocycles. The van der Waals surface area contributed by atoms with Gasteiger partial charge in [-0.15, -0.1) is 0 Å². The lowest BCUT2D eigenvalue weighted by molar-refractivity contribution is 0.217. The zero-order valence-corrected chi connectivity index (χ0v) is 14.7. The van der Waals surface area contributed by atoms with Crippen LogP contribution in [0.15, 0.2) is 0 Å². The highest BCUT2D eigenvalue weighted by Gasteiger charge is 2.24. The Morgan fingerprint density at radius 3 is 2.14 bits per heavy atom. The zero-order valence-electron chi connectivity index (χ0n) is 13.1. The van der Waals surface area contributed by atoms with Crippen LogP contribution in [0, 0.1) is 0 Å². The van der Waals surface area contributed by atoms with E-state index >= 15 is 0 Å². The Morgan fingerprint density at radius 2 is 1.67 bits per heavy atom. The van der Waals surface area contributed by atoms with Crippen molar-refractivity contribution in [1.29, 1.82) is 0 Å². The second-order valence-electron chi connectivity index (χ2n) is 5.65. The summed E-state index contributed by atoms with van der Waals surface area (Å²) in [6, 6.07) is -0.0248. The van der Waals surface area contributed by atoms with Crippen LogP contribution in [-0.4, -0.2) is 77.3 Å². The van der Waals surface area contributed by atoms with Crippen LogP contribution in [-0.2, 0) is 20.0 Å². The van der Waals surface area contributed by atoms with E-state index in [1.165, 1.54) is 18.4 Å². The molecule has 0 amide bonds. The summed E-state index contributed by atoms with van der Waals surface area (Å²) in [7, 11) is -3.27. The van der Waals surface area contributed by atoms with Crippen molar-refractivity contribution in [2.45, 2.75) is 32.2 Å². The Balaban J connectivity index is 2.36. The standard InChI is InChI=1S/C12H27N3O4S2/c1-4-10-20(16,17)13-12-5-7-15(8-6-12)9-11-21(18,19)14(2)3/h12-13H,4-11H2,1-3H3. The van der Waals surface area contributed by atoms with Crippen molar-refractivity contribution in [3.8, 4) is 0 Å². The average molecular weight is 341 g/mol. The average Bonchev–Trinajstić information content (AvgIpc) is 2.37. The number of likely N-dealkylation sites (tertiary alicyclic amines) is 1. The smallest absolute Gasteiger partial charge is 0.214 e. The molecule has 0 aliphatic carbocycles. The molecule has 1 fully saturated rings. The molecule has 0 aromatic heterocycles. The van der Waals surface area contributed by atoms with Crippen molar-refractivity contribution in [2.24, 2.45) is 0 Å². The van der Waals surface area contributed by atoms with Gasteiger partial charge in [0, 0.05) is 26.7 Å². The fourth-order valence-corrected chi connectivity index (χ4v) is 4.54. The highest BCUT2D eigenvalue weighted by atomic mass is 32.2. The summed E-state index contributed by atoms with van der Waals surface area (Å²) in [6.07, 6.45) is 2.06. The SMILES string of the molecule is CCCS(=O)(=O)NC1CCN(CCS(=O)(=O)N(C)C)CC1. The zero-order chi connectivity index (χ0) is 16.1. The van der Waals surface area contributed by atoms with Crippen LogP contribution in [0.25, 0.3) is 0 Å². The number of nitrogens with one attached hydrogen (secondary N) is 1. The van der Waals surface area contributed by atoms with Gasteiger partial charge in [-0.25, -0.2) is 25.9 Å². The van der Waals surface area contributed by atoms with Crippen LogP contribution in [0.4, 0.5) is 0 Å². The van der Waals surface area contributed by atoms with Gasteiger partial charge >= 0.3 is 0 Å². The van der Waals surface area contributed by atoms with Crippen molar-refractivity contribution in [3.05, 3.63) is 0 Å². The van der Waals surface area contributed by atoms with Crippen molar-refractivity contribution in [1.82, 2.24) is 13.9 Å². The molecule has 1 N–H and O–H groups in total. The number of sulfonamides is 2. The Kier molecular flexibility index (Phi) is 7.05. The predicted molar refractivity (Wildman–Crippen MR) is 84.1 cm³/mol. The number of hydrogen-bond donors (Lipinski definition) is 1. The molecule has 1 aliphatic rings. The Morgan fingerprint density at radius 1 is 1.10 bits per heavy atom. The minimum Gasteiger partial charge on any atom is -0.302 e. The summed E-state index contributed by atoms with van der Waals surface area (Å²) >= 11 is 0. The van der Waals surface area contributed by atoms with Gasteiger partial charge in [-0.3, -0.25) is 0 Å². The summed E-state index contributed by atoms with van der Waals surface area (Å²) in [5.41, 5.74) is 0. The molecule has 9 heteroatoms. The molecular formula is C12H27N3O4S2. The van der Waals surface area contributed by atoms with Gasteiger partial charge in [-0.1, -0.05) is 6.92 Å². The maximum absolute atomic E-state index is 11.7. The van der Waals surface area contributed by atoms with Gasteiger partial charge in [0.15, 0.2) is 0 Å². The van der Waals surface area contributed by atoms with Crippen LogP contribution in [0.5, 0.6) is 0 Å². The minimum atomic E-state index is -3.17. The molecule has 0 radical (unpaired) electrons. The molecule has 0 spiro atoms. The molecule has 0 unspecified atom stereocenters. The molecule has 1 heterocycles. The van der Waals surface area contributed by atoms with Crippen LogP contribution in [0.3, 0.4) is 0 Å². The van der Waals surface area contributed by atoms with E-state index in [4.69, 9.17) is 0 Å². The van der Waals surface area contributed by atoms with Gasteiger partial charge in [-0.05, 0) is 32.4 Å². The second-order valence-corrected chi connectivity index (χ2v) is 9.83. The third-order valence-corrected chi connectivity index (χ3v) is 7.08. The summed E-state index contributed by atoms with van der Waals surface area (Å²) < 4.78 is 50.8. The molecule has 1 rings (SSSR count). The van der Waals surface area contributed by atoms with Crippen molar-refractivity contribution < 1.29 is 16.8 Å². The molecule has 0 bridgehead atoms. The largest absolute Gasteiger partial charge is 0.302 e. The first-order chi connectivity index (χ1) is 9.66. The van der Waals surface area contributed by atoms with E-state index in [-0.39, 0.29) is 17.5 Å². The van der Waals surface area contributed by atoms with Gasteiger partial charge < -0.3 is 4.90 Å². The monoisotopic (exact) mass is 341 g/mol. The molecule has 0 aromatic rings. The van der Waals surface area contributed by atoms with Crippen LogP contribution in [0.1, 0.15) is 26.2 Å². The summed E-state index contributed by atoms with van der Waals surface area (Å²) in [6.45, 7) is 3.78. The van der Waals surface area contributed by atoms with E-state index in [0.29, 0.717) is 13.0 Å². The van der Waals surface area contributed by atoms with Crippen LogP contribution >= 0.6 is 0 Å². The van der Waals surface area contributed by atoms with Gasteiger partial charge in [0.05, 0.1) is 11.5 Å². The molecule has 1 saturated heterocycles. The summed E-state index contributed by atoms with van der Waals surface area (Å²) in [5.74, 6) is 0.264. The topological polar surface area (TPSA) is 86.8 Å². The number of hydrogen-bond acceptors (Lipinski definition) is 5. The first kappa shape index (κ1) is 18.8. The highest BCUT2D eigenvalue weighted by molar-refractivity contribution is 7.89. The molecule has 21 heavy (non-hydrogen) atoms. The molecule has 126 valence electrons. The van der Waals surface area contributed by atoms with Gasteiger partial charge in [0.25, 0.3) is 0 Å². The quantitative estimate of drug-likeness (QED) is 0.653. The summed E-state index contributed by atoms with van der Waals surface area (Å²) in [4.78, 5) is 2.08.